The molecule has 1 aliphatic rings. The number of piperidine rings is 1. The molecule has 0 spiro atoms. The summed E-state index contributed by atoms with van der Waals surface area (Å²) >= 11 is 0. The maximum atomic E-state index is 6.03. The molecule has 0 bridgehead atoms. The zero-order valence-corrected chi connectivity index (χ0v) is 26.0. The van der Waals surface area contributed by atoms with Gasteiger partial charge in [0, 0.05) is 50.5 Å². The standard InChI is InChI=1S/C29H46N6O2Si/c1-20-30-24-15-22(26(36-7)16-25(24)35(20)19-37-13-14-38(8,9)10)23-11-12-27(32-31-23)34(6)21-17-28(2,3)33-29(4,5)18-21/h11-12,15-16,21,33H,13-14,17-19H2,1-10H3. The number of nitrogens with one attached hydrogen (secondary N) is 1. The highest BCUT2D eigenvalue weighted by molar-refractivity contribution is 6.76. The number of benzene rings is 1. The second kappa shape index (κ2) is 10.6. The van der Waals surface area contributed by atoms with Gasteiger partial charge in [-0.1, -0.05) is 19.6 Å². The van der Waals surface area contributed by atoms with Gasteiger partial charge in [0.05, 0.1) is 23.8 Å². The fraction of sp³-hybridized carbons (Fsp3) is 0.621. The van der Waals surface area contributed by atoms with E-state index in [1.165, 1.54) is 0 Å². The summed E-state index contributed by atoms with van der Waals surface area (Å²) in [6.07, 6.45) is 2.09. The summed E-state index contributed by atoms with van der Waals surface area (Å²) in [6.45, 7) is 19.5. The van der Waals surface area contributed by atoms with Gasteiger partial charge in [0.25, 0.3) is 0 Å². The van der Waals surface area contributed by atoms with Crippen molar-refractivity contribution in [2.75, 3.05) is 25.7 Å². The van der Waals surface area contributed by atoms with E-state index < -0.39 is 8.07 Å². The summed E-state index contributed by atoms with van der Waals surface area (Å²) in [6, 6.07) is 9.70. The molecule has 1 N–H and O–H groups in total. The van der Waals surface area contributed by atoms with E-state index in [-0.39, 0.29) is 11.1 Å². The number of hydrogen-bond donors (Lipinski definition) is 1. The Bertz CT molecular complexity index is 1250. The number of aromatic nitrogens is 4. The van der Waals surface area contributed by atoms with E-state index in [1.54, 1.807) is 7.11 Å². The van der Waals surface area contributed by atoms with Crippen LogP contribution < -0.4 is 15.0 Å². The number of rotatable bonds is 9. The van der Waals surface area contributed by atoms with Crippen molar-refractivity contribution in [2.45, 2.75) is 97.0 Å². The van der Waals surface area contributed by atoms with E-state index in [4.69, 9.17) is 14.5 Å². The van der Waals surface area contributed by atoms with Crippen LogP contribution in [0.3, 0.4) is 0 Å². The molecule has 0 amide bonds. The van der Waals surface area contributed by atoms with Crippen LogP contribution in [0, 0.1) is 6.92 Å². The third kappa shape index (κ3) is 6.55. The molecule has 0 radical (unpaired) electrons. The van der Waals surface area contributed by atoms with Gasteiger partial charge in [0.1, 0.15) is 18.3 Å². The monoisotopic (exact) mass is 538 g/mol. The number of fused-ring (bicyclic) bond motifs is 1. The van der Waals surface area contributed by atoms with E-state index in [1.807, 2.05) is 25.1 Å². The number of ether oxygens (including phenoxy) is 2. The van der Waals surface area contributed by atoms with Gasteiger partial charge >= 0.3 is 0 Å². The molecular formula is C29H46N6O2Si. The molecule has 1 fully saturated rings. The molecule has 1 aliphatic heterocycles. The van der Waals surface area contributed by atoms with Gasteiger partial charge in [-0.05, 0) is 71.7 Å². The Balaban J connectivity index is 1.56. The molecule has 4 rings (SSSR count). The summed E-state index contributed by atoms with van der Waals surface area (Å²) in [4.78, 5) is 7.08. The van der Waals surface area contributed by atoms with Crippen LogP contribution in [0.2, 0.25) is 25.7 Å². The van der Waals surface area contributed by atoms with Gasteiger partial charge in [-0.15, -0.1) is 10.2 Å². The fourth-order valence-electron chi connectivity index (χ4n) is 5.72. The van der Waals surface area contributed by atoms with Crippen molar-refractivity contribution >= 4 is 24.9 Å². The summed E-state index contributed by atoms with van der Waals surface area (Å²) < 4.78 is 13.9. The Morgan fingerprint density at radius 1 is 1.08 bits per heavy atom. The van der Waals surface area contributed by atoms with E-state index in [9.17, 15) is 0 Å². The molecule has 3 heterocycles. The average molecular weight is 539 g/mol. The molecule has 0 aliphatic carbocycles. The first-order chi connectivity index (χ1) is 17.7. The molecule has 2 aromatic heterocycles. The number of anilines is 1. The van der Waals surface area contributed by atoms with Crippen molar-refractivity contribution in [2.24, 2.45) is 0 Å². The maximum Gasteiger partial charge on any atom is 0.151 e. The number of methoxy groups -OCH3 is 1. The van der Waals surface area contributed by atoms with Crippen LogP contribution in [0.5, 0.6) is 5.75 Å². The summed E-state index contributed by atoms with van der Waals surface area (Å²) in [5.74, 6) is 2.55. The summed E-state index contributed by atoms with van der Waals surface area (Å²) in [7, 11) is 2.69. The quantitative estimate of drug-likeness (QED) is 0.270. The Hall–Kier alpha value is -2.49. The van der Waals surface area contributed by atoms with Crippen LogP contribution in [0.25, 0.3) is 22.3 Å². The van der Waals surface area contributed by atoms with Crippen molar-refractivity contribution in [3.63, 3.8) is 0 Å². The van der Waals surface area contributed by atoms with E-state index >= 15 is 0 Å². The Morgan fingerprint density at radius 2 is 1.76 bits per heavy atom. The lowest BCUT2D eigenvalue weighted by Gasteiger charge is -2.49. The minimum Gasteiger partial charge on any atom is -0.496 e. The van der Waals surface area contributed by atoms with Crippen LogP contribution in [0.1, 0.15) is 46.4 Å². The van der Waals surface area contributed by atoms with Crippen LogP contribution in [-0.4, -0.2) is 65.7 Å². The largest absolute Gasteiger partial charge is 0.496 e. The van der Waals surface area contributed by atoms with Crippen molar-refractivity contribution in [1.82, 2.24) is 25.1 Å². The predicted molar refractivity (Wildman–Crippen MR) is 159 cm³/mol. The molecular weight excluding hydrogens is 492 g/mol. The second-order valence-corrected chi connectivity index (χ2v) is 18.9. The number of nitrogens with zero attached hydrogens (tertiary/aromatic N) is 5. The average Bonchev–Trinajstić information content (AvgIpc) is 3.11. The molecule has 9 heteroatoms. The molecule has 1 aromatic carbocycles. The van der Waals surface area contributed by atoms with Crippen molar-refractivity contribution in [3.8, 4) is 17.0 Å². The minimum atomic E-state index is -1.13. The van der Waals surface area contributed by atoms with Crippen LogP contribution in [0.4, 0.5) is 5.82 Å². The molecule has 0 unspecified atom stereocenters. The topological polar surface area (TPSA) is 77.3 Å². The molecule has 38 heavy (non-hydrogen) atoms. The van der Waals surface area contributed by atoms with Crippen LogP contribution >= 0.6 is 0 Å². The first-order valence-electron chi connectivity index (χ1n) is 13.7. The molecule has 3 aromatic rings. The molecule has 208 valence electrons. The number of imidazole rings is 1. The summed E-state index contributed by atoms with van der Waals surface area (Å²) in [5.41, 5.74) is 3.68. The van der Waals surface area contributed by atoms with E-state index in [2.05, 4.69) is 85.4 Å². The Kier molecular flexibility index (Phi) is 7.94. The Labute approximate surface area is 229 Å². The van der Waals surface area contributed by atoms with Gasteiger partial charge < -0.3 is 24.3 Å². The third-order valence-electron chi connectivity index (χ3n) is 7.48. The molecule has 1 saturated heterocycles. The normalized spacial score (nSPS) is 17.6. The van der Waals surface area contributed by atoms with Gasteiger partial charge in [0.15, 0.2) is 5.82 Å². The zero-order valence-electron chi connectivity index (χ0n) is 25.0. The highest BCUT2D eigenvalue weighted by Crippen LogP contribution is 2.35. The van der Waals surface area contributed by atoms with E-state index in [0.717, 1.165) is 65.2 Å². The van der Waals surface area contributed by atoms with Gasteiger partial charge in [-0.25, -0.2) is 4.98 Å². The highest BCUT2D eigenvalue weighted by Gasteiger charge is 2.39. The van der Waals surface area contributed by atoms with Gasteiger partial charge in [0.2, 0.25) is 0 Å². The lowest BCUT2D eigenvalue weighted by molar-refractivity contribution is 0.0885. The van der Waals surface area contributed by atoms with Crippen LogP contribution in [0.15, 0.2) is 24.3 Å². The van der Waals surface area contributed by atoms with Crippen molar-refractivity contribution < 1.29 is 9.47 Å². The molecule has 0 atom stereocenters. The highest BCUT2D eigenvalue weighted by atomic mass is 28.3. The molecule has 8 nitrogen and oxygen atoms in total. The first kappa shape index (κ1) is 28.5. The zero-order chi connectivity index (χ0) is 27.9. The second-order valence-electron chi connectivity index (χ2n) is 13.3. The lowest BCUT2D eigenvalue weighted by atomic mass is 9.79. The first-order valence-corrected chi connectivity index (χ1v) is 17.4. The SMILES string of the molecule is COc1cc2c(cc1-c1ccc(N(C)C3CC(C)(C)NC(C)(C)C3)nn1)nc(C)n2COCC[Si](C)(C)C. The molecule has 0 saturated carbocycles. The van der Waals surface area contributed by atoms with Crippen molar-refractivity contribution in [3.05, 3.63) is 30.1 Å². The third-order valence-corrected chi connectivity index (χ3v) is 9.19. The predicted octanol–water partition coefficient (Wildman–Crippen LogP) is 5.87. The van der Waals surface area contributed by atoms with E-state index in [0.29, 0.717) is 12.8 Å². The number of hydrogen-bond acceptors (Lipinski definition) is 7. The Morgan fingerprint density at radius 3 is 2.34 bits per heavy atom. The fourth-order valence-corrected chi connectivity index (χ4v) is 6.48. The van der Waals surface area contributed by atoms with Crippen molar-refractivity contribution in [1.29, 1.82) is 0 Å². The van der Waals surface area contributed by atoms with Gasteiger partial charge in [-0.3, -0.25) is 0 Å². The number of aryl methyl sites for hydroxylation is 1. The lowest BCUT2D eigenvalue weighted by Crippen LogP contribution is -2.62. The smallest absolute Gasteiger partial charge is 0.151 e. The van der Waals surface area contributed by atoms with Crippen LogP contribution in [-0.2, 0) is 11.5 Å². The summed E-state index contributed by atoms with van der Waals surface area (Å²) in [5, 5.41) is 13.0. The maximum absolute atomic E-state index is 6.03. The minimum absolute atomic E-state index is 0.0672. The van der Waals surface area contributed by atoms with Gasteiger partial charge in [-0.2, -0.15) is 0 Å².